The second kappa shape index (κ2) is 11.1. The van der Waals surface area contributed by atoms with E-state index in [4.69, 9.17) is 4.98 Å². The molecule has 216 valence electrons. The minimum absolute atomic E-state index is 0.00883. The highest BCUT2D eigenvalue weighted by atomic mass is 19.4. The molecular formula is C32H27F3N8. The first kappa shape index (κ1) is 27.0. The second-order valence-corrected chi connectivity index (χ2v) is 10.7. The fourth-order valence-electron chi connectivity index (χ4n) is 5.62. The van der Waals surface area contributed by atoms with Gasteiger partial charge in [-0.3, -0.25) is 19.4 Å². The van der Waals surface area contributed by atoms with Crippen LogP contribution in [0, 0.1) is 0 Å². The minimum Gasteiger partial charge on any atom is -0.299 e. The Bertz CT molecular complexity index is 1840. The molecule has 5 heterocycles. The summed E-state index contributed by atoms with van der Waals surface area (Å²) in [6.45, 7) is 2.67. The molecule has 1 fully saturated rings. The number of rotatable bonds is 6. The SMILES string of the molecule is FC(F)(F)c1ccn2c(-c3ccccc3)c(-c3ccc(CN4CCC(c5nc(-c6ccccn6)n[nH]5)CC4)cc3)nc2n1. The lowest BCUT2D eigenvalue weighted by atomic mass is 9.95. The van der Waals surface area contributed by atoms with Crippen LogP contribution in [0.5, 0.6) is 0 Å². The number of benzene rings is 2. The Morgan fingerprint density at radius 1 is 0.814 bits per heavy atom. The van der Waals surface area contributed by atoms with Crippen LogP contribution >= 0.6 is 0 Å². The van der Waals surface area contributed by atoms with Crippen LogP contribution in [0.2, 0.25) is 0 Å². The van der Waals surface area contributed by atoms with Crippen LogP contribution in [-0.2, 0) is 12.7 Å². The van der Waals surface area contributed by atoms with E-state index < -0.39 is 11.9 Å². The van der Waals surface area contributed by atoms with Crippen molar-refractivity contribution in [3.05, 3.63) is 108 Å². The molecule has 43 heavy (non-hydrogen) atoms. The number of fused-ring (bicyclic) bond motifs is 1. The number of aromatic nitrogens is 7. The minimum atomic E-state index is -4.55. The van der Waals surface area contributed by atoms with Crippen LogP contribution in [0.1, 0.15) is 35.8 Å². The highest BCUT2D eigenvalue weighted by Gasteiger charge is 2.33. The van der Waals surface area contributed by atoms with Crippen molar-refractivity contribution in [1.82, 2.24) is 39.4 Å². The average molecular weight is 581 g/mol. The maximum absolute atomic E-state index is 13.4. The van der Waals surface area contributed by atoms with Crippen LogP contribution in [-0.4, -0.2) is 52.5 Å². The van der Waals surface area contributed by atoms with Gasteiger partial charge in [0.2, 0.25) is 5.78 Å². The van der Waals surface area contributed by atoms with Crippen molar-refractivity contribution in [2.75, 3.05) is 13.1 Å². The fourth-order valence-corrected chi connectivity index (χ4v) is 5.62. The first-order valence-electron chi connectivity index (χ1n) is 14.1. The van der Waals surface area contributed by atoms with E-state index in [1.165, 1.54) is 6.20 Å². The standard InChI is InChI=1S/C32H27F3N8/c33-32(34,35)26-15-19-43-28(23-6-2-1-3-7-23)27(38-31(43)37-26)22-11-9-21(10-12-22)20-42-17-13-24(14-18-42)29-39-30(41-40-29)25-8-4-5-16-36-25/h1-12,15-16,19,24H,13-14,17-18,20H2,(H,39,40,41). The lowest BCUT2D eigenvalue weighted by molar-refractivity contribution is -0.141. The monoisotopic (exact) mass is 580 g/mol. The number of pyridine rings is 1. The lowest BCUT2D eigenvalue weighted by Gasteiger charge is -2.30. The molecule has 0 spiro atoms. The summed E-state index contributed by atoms with van der Waals surface area (Å²) >= 11 is 0. The van der Waals surface area contributed by atoms with E-state index in [1.54, 1.807) is 10.6 Å². The molecule has 1 saturated heterocycles. The van der Waals surface area contributed by atoms with Crippen LogP contribution in [0.25, 0.3) is 39.8 Å². The van der Waals surface area contributed by atoms with Crippen LogP contribution in [0.15, 0.2) is 91.3 Å². The number of hydrogen-bond donors (Lipinski definition) is 1. The van der Waals surface area contributed by atoms with Crippen LogP contribution < -0.4 is 0 Å². The zero-order valence-corrected chi connectivity index (χ0v) is 23.0. The fraction of sp³-hybridized carbons (Fsp3) is 0.219. The van der Waals surface area contributed by atoms with Gasteiger partial charge in [0.15, 0.2) is 5.82 Å². The zero-order valence-electron chi connectivity index (χ0n) is 23.0. The van der Waals surface area contributed by atoms with Gasteiger partial charge in [0.1, 0.15) is 17.2 Å². The number of aromatic amines is 1. The summed E-state index contributed by atoms with van der Waals surface area (Å²) in [4.78, 5) is 19.8. The first-order valence-corrected chi connectivity index (χ1v) is 14.1. The summed E-state index contributed by atoms with van der Waals surface area (Å²) in [5, 5.41) is 7.47. The Kier molecular flexibility index (Phi) is 6.94. The summed E-state index contributed by atoms with van der Waals surface area (Å²) < 4.78 is 41.7. The van der Waals surface area contributed by atoms with Crippen molar-refractivity contribution in [3.63, 3.8) is 0 Å². The molecule has 0 amide bonds. The number of halogens is 3. The molecule has 4 aromatic heterocycles. The molecule has 0 unspecified atom stereocenters. The van der Waals surface area contributed by atoms with Crippen molar-refractivity contribution in [1.29, 1.82) is 0 Å². The number of hydrogen-bond acceptors (Lipinski definition) is 6. The number of imidazole rings is 1. The molecule has 1 N–H and O–H groups in total. The predicted molar refractivity (Wildman–Crippen MR) is 156 cm³/mol. The third kappa shape index (κ3) is 5.51. The molecule has 0 radical (unpaired) electrons. The molecule has 2 aromatic carbocycles. The van der Waals surface area contributed by atoms with Gasteiger partial charge in [0.25, 0.3) is 0 Å². The van der Waals surface area contributed by atoms with Crippen molar-refractivity contribution in [2.24, 2.45) is 0 Å². The Balaban J connectivity index is 1.07. The molecule has 11 heteroatoms. The van der Waals surface area contributed by atoms with Gasteiger partial charge in [-0.25, -0.2) is 15.0 Å². The van der Waals surface area contributed by atoms with Crippen LogP contribution in [0.3, 0.4) is 0 Å². The van der Waals surface area contributed by atoms with Gasteiger partial charge in [0.05, 0.1) is 11.4 Å². The van der Waals surface area contributed by atoms with Gasteiger partial charge in [-0.2, -0.15) is 18.3 Å². The molecule has 0 bridgehead atoms. The molecule has 0 aliphatic carbocycles. The predicted octanol–water partition coefficient (Wildman–Crippen LogP) is 6.64. The van der Waals surface area contributed by atoms with E-state index in [0.717, 1.165) is 66.8 Å². The molecule has 1 aliphatic heterocycles. The number of nitrogens with zero attached hydrogens (tertiary/aromatic N) is 7. The Morgan fingerprint density at radius 3 is 2.30 bits per heavy atom. The third-order valence-electron chi connectivity index (χ3n) is 7.84. The lowest BCUT2D eigenvalue weighted by Crippen LogP contribution is -2.32. The smallest absolute Gasteiger partial charge is 0.299 e. The molecular weight excluding hydrogens is 553 g/mol. The third-order valence-corrected chi connectivity index (χ3v) is 7.84. The molecule has 6 aromatic rings. The molecule has 0 atom stereocenters. The number of piperidine rings is 1. The topological polar surface area (TPSA) is 87.9 Å². The summed E-state index contributed by atoms with van der Waals surface area (Å²) in [5.41, 5.74) is 3.89. The van der Waals surface area contributed by atoms with Gasteiger partial charge >= 0.3 is 6.18 Å². The molecule has 7 rings (SSSR count). The van der Waals surface area contributed by atoms with Crippen molar-refractivity contribution < 1.29 is 13.2 Å². The Labute approximate surface area is 245 Å². The number of H-pyrrole nitrogens is 1. The quantitative estimate of drug-likeness (QED) is 0.238. The van der Waals surface area contributed by atoms with E-state index in [2.05, 4.69) is 42.2 Å². The Hall–Kier alpha value is -4.90. The average Bonchev–Trinajstić information content (AvgIpc) is 3.68. The number of nitrogens with one attached hydrogen (secondary N) is 1. The summed E-state index contributed by atoms with van der Waals surface area (Å²) in [6, 6.07) is 24.3. The number of likely N-dealkylation sites (tertiary alicyclic amines) is 1. The maximum Gasteiger partial charge on any atom is 0.433 e. The van der Waals surface area contributed by atoms with E-state index in [1.807, 2.05) is 60.7 Å². The second-order valence-electron chi connectivity index (χ2n) is 10.7. The van der Waals surface area contributed by atoms with Crippen LogP contribution in [0.4, 0.5) is 13.2 Å². The normalized spacial score (nSPS) is 14.9. The summed E-state index contributed by atoms with van der Waals surface area (Å²) in [6.07, 6.45) is 0.530. The summed E-state index contributed by atoms with van der Waals surface area (Å²) in [5.74, 6) is 1.86. The van der Waals surface area contributed by atoms with Gasteiger partial charge in [-0.15, -0.1) is 0 Å². The van der Waals surface area contributed by atoms with Crippen molar-refractivity contribution in [3.8, 4) is 34.0 Å². The van der Waals surface area contributed by atoms with Gasteiger partial charge < -0.3 is 0 Å². The van der Waals surface area contributed by atoms with E-state index >= 15 is 0 Å². The zero-order chi connectivity index (χ0) is 29.4. The van der Waals surface area contributed by atoms with E-state index in [0.29, 0.717) is 23.1 Å². The van der Waals surface area contributed by atoms with Crippen molar-refractivity contribution in [2.45, 2.75) is 31.5 Å². The van der Waals surface area contributed by atoms with Gasteiger partial charge in [-0.1, -0.05) is 60.7 Å². The van der Waals surface area contributed by atoms with E-state index in [-0.39, 0.29) is 5.78 Å². The largest absolute Gasteiger partial charge is 0.433 e. The van der Waals surface area contributed by atoms with Gasteiger partial charge in [-0.05, 0) is 49.7 Å². The molecule has 0 saturated carbocycles. The Morgan fingerprint density at radius 2 is 1.58 bits per heavy atom. The van der Waals surface area contributed by atoms with Crippen molar-refractivity contribution >= 4 is 5.78 Å². The van der Waals surface area contributed by atoms with Gasteiger partial charge in [0, 0.05) is 36.0 Å². The highest BCUT2D eigenvalue weighted by molar-refractivity contribution is 5.81. The molecule has 8 nitrogen and oxygen atoms in total. The van der Waals surface area contributed by atoms with E-state index in [9.17, 15) is 13.2 Å². The highest BCUT2D eigenvalue weighted by Crippen LogP contribution is 2.35. The number of alkyl halides is 3. The first-order chi connectivity index (χ1) is 20.9. The molecule has 1 aliphatic rings. The summed E-state index contributed by atoms with van der Waals surface area (Å²) in [7, 11) is 0. The maximum atomic E-state index is 13.4.